The van der Waals surface area contributed by atoms with Crippen molar-refractivity contribution in [3.63, 3.8) is 0 Å². The van der Waals surface area contributed by atoms with Gasteiger partial charge in [-0.1, -0.05) is 44.0 Å². The van der Waals surface area contributed by atoms with Crippen LogP contribution in [0.5, 0.6) is 0 Å². The van der Waals surface area contributed by atoms with Crippen LogP contribution in [0.25, 0.3) is 5.76 Å². The van der Waals surface area contributed by atoms with Gasteiger partial charge in [0.1, 0.15) is 11.3 Å². The number of rotatable bonds is 5. The number of unbranched alkanes of at least 4 members (excludes halogenated alkanes) is 2. The predicted molar refractivity (Wildman–Crippen MR) is 81.9 cm³/mol. The first-order valence-electron chi connectivity index (χ1n) is 7.35. The summed E-state index contributed by atoms with van der Waals surface area (Å²) in [6, 6.07) is 7.41. The Morgan fingerprint density at radius 2 is 1.86 bits per heavy atom. The number of hydrogen-bond donors (Lipinski definition) is 1. The fourth-order valence-corrected chi connectivity index (χ4v) is 2.46. The number of hydrogen-bond acceptors (Lipinski definition) is 3. The molecule has 0 spiro atoms. The van der Waals surface area contributed by atoms with E-state index in [1.54, 1.807) is 19.2 Å². The van der Waals surface area contributed by atoms with Gasteiger partial charge in [-0.25, -0.2) is 0 Å². The Labute approximate surface area is 125 Å². The summed E-state index contributed by atoms with van der Waals surface area (Å²) in [5.74, 6) is -0.953. The van der Waals surface area contributed by atoms with Crippen molar-refractivity contribution in [3.05, 3.63) is 41.0 Å². The van der Waals surface area contributed by atoms with Gasteiger partial charge in [0.15, 0.2) is 5.78 Å². The van der Waals surface area contributed by atoms with Crippen molar-refractivity contribution in [3.8, 4) is 0 Å². The molecule has 21 heavy (non-hydrogen) atoms. The number of Topliss-reactive ketones (excluding diaryl/α,β-unsaturated/α-hetero) is 1. The lowest BCUT2D eigenvalue weighted by Crippen LogP contribution is -2.19. The SMILES string of the molecule is CCCCCc1ccc(/C(O)=C2/C(=O)CN(C)C2=O)cc1. The molecule has 1 aromatic carbocycles. The number of likely N-dealkylation sites (N-methyl/N-ethyl adjacent to an activating group) is 1. The van der Waals surface area contributed by atoms with Crippen LogP contribution >= 0.6 is 0 Å². The maximum Gasteiger partial charge on any atom is 0.261 e. The molecule has 1 N–H and O–H groups in total. The summed E-state index contributed by atoms with van der Waals surface area (Å²) in [6.07, 6.45) is 4.53. The molecule has 1 aliphatic rings. The number of nitrogens with zero attached hydrogens (tertiary/aromatic N) is 1. The van der Waals surface area contributed by atoms with Crippen LogP contribution in [0.15, 0.2) is 29.8 Å². The molecule has 1 fully saturated rings. The summed E-state index contributed by atoms with van der Waals surface area (Å²) < 4.78 is 0. The van der Waals surface area contributed by atoms with E-state index in [4.69, 9.17) is 0 Å². The first kappa shape index (κ1) is 15.3. The van der Waals surface area contributed by atoms with Gasteiger partial charge in [-0.15, -0.1) is 0 Å². The number of benzene rings is 1. The van der Waals surface area contributed by atoms with E-state index < -0.39 is 5.91 Å². The van der Waals surface area contributed by atoms with Crippen LogP contribution in [0, 0.1) is 0 Å². The third kappa shape index (κ3) is 3.32. The van der Waals surface area contributed by atoms with Crippen LogP contribution in [0.4, 0.5) is 0 Å². The molecular weight excluding hydrogens is 266 g/mol. The molecule has 0 aromatic heterocycles. The lowest BCUT2D eigenvalue weighted by molar-refractivity contribution is -0.123. The second-order valence-corrected chi connectivity index (χ2v) is 5.46. The van der Waals surface area contributed by atoms with Gasteiger partial charge in [-0.05, 0) is 18.4 Å². The Morgan fingerprint density at radius 3 is 2.38 bits per heavy atom. The summed E-state index contributed by atoms with van der Waals surface area (Å²) in [4.78, 5) is 24.9. The van der Waals surface area contributed by atoms with Crippen molar-refractivity contribution in [2.75, 3.05) is 13.6 Å². The zero-order chi connectivity index (χ0) is 15.4. The highest BCUT2D eigenvalue weighted by Gasteiger charge is 2.34. The molecule has 2 rings (SSSR count). The summed E-state index contributed by atoms with van der Waals surface area (Å²) in [7, 11) is 1.55. The van der Waals surface area contributed by atoms with Gasteiger partial charge < -0.3 is 10.0 Å². The number of aryl methyl sites for hydroxylation is 1. The molecule has 4 heteroatoms. The van der Waals surface area contributed by atoms with Gasteiger partial charge in [0, 0.05) is 12.6 Å². The van der Waals surface area contributed by atoms with E-state index in [-0.39, 0.29) is 23.7 Å². The lowest BCUT2D eigenvalue weighted by Gasteiger charge is -2.06. The molecule has 0 unspecified atom stereocenters. The van der Waals surface area contributed by atoms with Crippen LogP contribution in [0.1, 0.15) is 37.3 Å². The fourth-order valence-electron chi connectivity index (χ4n) is 2.46. The number of ketones is 1. The molecule has 1 heterocycles. The van der Waals surface area contributed by atoms with Crippen molar-refractivity contribution in [2.24, 2.45) is 0 Å². The maximum absolute atomic E-state index is 11.9. The van der Waals surface area contributed by atoms with Gasteiger partial charge >= 0.3 is 0 Å². The van der Waals surface area contributed by atoms with Crippen LogP contribution < -0.4 is 0 Å². The standard InChI is InChI=1S/C17H21NO3/c1-3-4-5-6-12-7-9-13(10-8-12)16(20)15-14(19)11-18(2)17(15)21/h7-10,20H,3-6,11H2,1-2H3/b16-15+. The van der Waals surface area contributed by atoms with Gasteiger partial charge in [-0.3, -0.25) is 9.59 Å². The molecule has 1 amide bonds. The third-order valence-electron chi connectivity index (χ3n) is 3.75. The van der Waals surface area contributed by atoms with Crippen molar-refractivity contribution >= 4 is 17.4 Å². The minimum Gasteiger partial charge on any atom is -0.506 e. The summed E-state index contributed by atoms with van der Waals surface area (Å²) >= 11 is 0. The largest absolute Gasteiger partial charge is 0.506 e. The van der Waals surface area contributed by atoms with Gasteiger partial charge in [0.25, 0.3) is 5.91 Å². The molecule has 1 aromatic rings. The van der Waals surface area contributed by atoms with Crippen LogP contribution in [-0.2, 0) is 16.0 Å². The smallest absolute Gasteiger partial charge is 0.261 e. The van der Waals surface area contributed by atoms with Crippen LogP contribution in [0.2, 0.25) is 0 Å². The number of likely N-dealkylation sites (tertiary alicyclic amines) is 1. The molecular formula is C17H21NO3. The van der Waals surface area contributed by atoms with E-state index >= 15 is 0 Å². The minimum atomic E-state index is -0.412. The van der Waals surface area contributed by atoms with Crippen molar-refractivity contribution in [2.45, 2.75) is 32.6 Å². The summed E-state index contributed by atoms with van der Waals surface area (Å²) in [5.41, 5.74) is 1.61. The predicted octanol–water partition coefficient (Wildman–Crippen LogP) is 2.73. The fraction of sp³-hybridized carbons (Fsp3) is 0.412. The number of aliphatic hydroxyl groups excluding tert-OH is 1. The summed E-state index contributed by atoms with van der Waals surface area (Å²) in [5, 5.41) is 10.2. The normalized spacial score (nSPS) is 17.5. The monoisotopic (exact) mass is 287 g/mol. The molecule has 112 valence electrons. The van der Waals surface area contributed by atoms with Gasteiger partial charge in [-0.2, -0.15) is 0 Å². The Hall–Kier alpha value is -2.10. The molecule has 0 saturated carbocycles. The highest BCUT2D eigenvalue weighted by Crippen LogP contribution is 2.23. The second-order valence-electron chi connectivity index (χ2n) is 5.46. The van der Waals surface area contributed by atoms with Crippen LogP contribution in [0.3, 0.4) is 0 Å². The first-order valence-corrected chi connectivity index (χ1v) is 7.35. The van der Waals surface area contributed by atoms with Crippen molar-refractivity contribution in [1.82, 2.24) is 4.90 Å². The van der Waals surface area contributed by atoms with Gasteiger partial charge in [0.2, 0.25) is 0 Å². The lowest BCUT2D eigenvalue weighted by atomic mass is 10.0. The van der Waals surface area contributed by atoms with E-state index in [9.17, 15) is 14.7 Å². The molecule has 0 aliphatic carbocycles. The summed E-state index contributed by atoms with van der Waals surface area (Å²) in [6.45, 7) is 2.20. The highest BCUT2D eigenvalue weighted by molar-refractivity contribution is 6.28. The Balaban J connectivity index is 2.18. The number of carbonyl (C=O) groups is 2. The third-order valence-corrected chi connectivity index (χ3v) is 3.75. The minimum absolute atomic E-state index is 0.0350. The molecule has 1 aliphatic heterocycles. The number of aliphatic hydroxyl groups is 1. The highest BCUT2D eigenvalue weighted by atomic mass is 16.3. The Kier molecular flexibility index (Phi) is 4.78. The molecule has 1 saturated heterocycles. The average Bonchev–Trinajstić information content (AvgIpc) is 2.72. The quantitative estimate of drug-likeness (QED) is 0.392. The Bertz CT molecular complexity index is 572. The maximum atomic E-state index is 11.9. The average molecular weight is 287 g/mol. The topological polar surface area (TPSA) is 57.6 Å². The van der Waals surface area contributed by atoms with Gasteiger partial charge in [0.05, 0.1) is 6.54 Å². The second kappa shape index (κ2) is 6.57. The van der Waals surface area contributed by atoms with E-state index in [0.717, 1.165) is 12.8 Å². The van der Waals surface area contributed by atoms with E-state index in [1.165, 1.54) is 23.3 Å². The number of carbonyl (C=O) groups excluding carboxylic acids is 2. The van der Waals surface area contributed by atoms with Crippen molar-refractivity contribution in [1.29, 1.82) is 0 Å². The molecule has 4 nitrogen and oxygen atoms in total. The molecule has 0 radical (unpaired) electrons. The zero-order valence-corrected chi connectivity index (χ0v) is 12.6. The molecule has 0 bridgehead atoms. The number of amides is 1. The van der Waals surface area contributed by atoms with E-state index in [1.807, 2.05) is 12.1 Å². The van der Waals surface area contributed by atoms with E-state index in [2.05, 4.69) is 6.92 Å². The zero-order valence-electron chi connectivity index (χ0n) is 12.6. The van der Waals surface area contributed by atoms with Crippen LogP contribution in [-0.4, -0.2) is 35.3 Å². The van der Waals surface area contributed by atoms with E-state index in [0.29, 0.717) is 5.56 Å². The Morgan fingerprint density at radius 1 is 1.19 bits per heavy atom. The van der Waals surface area contributed by atoms with Crippen molar-refractivity contribution < 1.29 is 14.7 Å². The molecule has 0 atom stereocenters. The first-order chi connectivity index (χ1) is 10.0.